The first-order valence-corrected chi connectivity index (χ1v) is 13.2. The largest absolute Gasteiger partial charge is 0.393 e. The van der Waals surface area contributed by atoms with Crippen molar-refractivity contribution < 1.29 is 20.4 Å². The molecule has 11 atom stereocenters. The Balaban J connectivity index is 1.46. The average molecular weight is 437 g/mol. The Bertz CT molecular complexity index is 635. The summed E-state index contributed by atoms with van der Waals surface area (Å²) >= 11 is 0. The molecule has 4 aliphatic carbocycles. The van der Waals surface area contributed by atoms with Gasteiger partial charge < -0.3 is 20.4 Å². The van der Waals surface area contributed by atoms with Crippen molar-refractivity contribution in [2.45, 2.75) is 116 Å². The van der Waals surface area contributed by atoms with Gasteiger partial charge in [-0.3, -0.25) is 0 Å². The van der Waals surface area contributed by atoms with Gasteiger partial charge in [0.15, 0.2) is 0 Å². The van der Waals surface area contributed by atoms with E-state index in [1.165, 1.54) is 58.3 Å². The zero-order valence-electron chi connectivity index (χ0n) is 20.4. The molecule has 180 valence electrons. The summed E-state index contributed by atoms with van der Waals surface area (Å²) in [5.41, 5.74) is -0.908. The van der Waals surface area contributed by atoms with Gasteiger partial charge in [0.2, 0.25) is 0 Å². The second-order valence-corrected chi connectivity index (χ2v) is 12.8. The summed E-state index contributed by atoms with van der Waals surface area (Å²) in [6, 6.07) is 0. The third-order valence-corrected chi connectivity index (χ3v) is 11.4. The highest BCUT2D eigenvalue weighted by Crippen LogP contribution is 2.68. The summed E-state index contributed by atoms with van der Waals surface area (Å²) in [6.45, 7) is 8.44. The van der Waals surface area contributed by atoms with Crippen molar-refractivity contribution in [3.63, 3.8) is 0 Å². The Morgan fingerprint density at radius 1 is 0.968 bits per heavy atom. The van der Waals surface area contributed by atoms with E-state index < -0.39 is 18.3 Å². The zero-order chi connectivity index (χ0) is 22.6. The fourth-order valence-electron chi connectivity index (χ4n) is 9.33. The van der Waals surface area contributed by atoms with Gasteiger partial charge in [-0.1, -0.05) is 27.2 Å². The summed E-state index contributed by atoms with van der Waals surface area (Å²) in [5.74, 6) is 4.14. The third-order valence-electron chi connectivity index (χ3n) is 11.4. The lowest BCUT2D eigenvalue weighted by molar-refractivity contribution is -0.164. The van der Waals surface area contributed by atoms with Crippen LogP contribution in [-0.2, 0) is 0 Å². The number of hydrogen-bond acceptors (Lipinski definition) is 4. The van der Waals surface area contributed by atoms with Crippen LogP contribution in [0.4, 0.5) is 0 Å². The van der Waals surface area contributed by atoms with Gasteiger partial charge in [0.05, 0.1) is 18.8 Å². The monoisotopic (exact) mass is 436 g/mol. The van der Waals surface area contributed by atoms with E-state index in [2.05, 4.69) is 20.8 Å². The maximum absolute atomic E-state index is 11.1. The lowest BCUT2D eigenvalue weighted by Gasteiger charge is -2.62. The molecule has 4 nitrogen and oxygen atoms in total. The smallest absolute Gasteiger partial charge is 0.111 e. The lowest BCUT2D eigenvalue weighted by atomic mass is 9.44. The Kier molecular flexibility index (Phi) is 6.62. The van der Waals surface area contributed by atoms with E-state index in [1.807, 2.05) is 0 Å². The van der Waals surface area contributed by atoms with Crippen molar-refractivity contribution in [1.82, 2.24) is 0 Å². The molecule has 0 aliphatic heterocycles. The van der Waals surface area contributed by atoms with E-state index in [-0.39, 0.29) is 11.5 Å². The molecule has 4 fully saturated rings. The molecular formula is C27H48O4. The maximum Gasteiger partial charge on any atom is 0.111 e. The molecule has 0 heterocycles. The van der Waals surface area contributed by atoms with Crippen LogP contribution in [0.15, 0.2) is 0 Å². The molecule has 0 saturated heterocycles. The molecule has 4 heteroatoms. The van der Waals surface area contributed by atoms with Crippen molar-refractivity contribution >= 4 is 0 Å². The van der Waals surface area contributed by atoms with Gasteiger partial charge >= 0.3 is 0 Å². The summed E-state index contributed by atoms with van der Waals surface area (Å²) in [7, 11) is 0. The third kappa shape index (κ3) is 3.82. The topological polar surface area (TPSA) is 80.9 Å². The van der Waals surface area contributed by atoms with Crippen molar-refractivity contribution in [2.24, 2.45) is 46.3 Å². The molecule has 4 saturated carbocycles. The van der Waals surface area contributed by atoms with E-state index in [9.17, 15) is 20.4 Å². The predicted octanol–water partition coefficient (Wildman–Crippen LogP) is 4.53. The molecule has 3 unspecified atom stereocenters. The van der Waals surface area contributed by atoms with E-state index in [1.54, 1.807) is 0 Å². The quantitative estimate of drug-likeness (QED) is 0.493. The number of aliphatic hydroxyl groups is 4. The number of aliphatic hydroxyl groups excluding tert-OH is 3. The Morgan fingerprint density at radius 3 is 2.42 bits per heavy atom. The van der Waals surface area contributed by atoms with Crippen LogP contribution in [0.5, 0.6) is 0 Å². The number of fused-ring (bicyclic) bond motifs is 5. The minimum Gasteiger partial charge on any atom is -0.393 e. The minimum atomic E-state index is -1.41. The zero-order valence-corrected chi connectivity index (χ0v) is 20.4. The van der Waals surface area contributed by atoms with Gasteiger partial charge in [-0.15, -0.1) is 0 Å². The Hall–Kier alpha value is -0.160. The summed E-state index contributed by atoms with van der Waals surface area (Å²) in [5, 5.41) is 40.9. The van der Waals surface area contributed by atoms with Gasteiger partial charge in [0.1, 0.15) is 5.60 Å². The molecule has 4 rings (SSSR count). The first kappa shape index (κ1) is 24.0. The van der Waals surface area contributed by atoms with Crippen LogP contribution in [0.1, 0.15) is 98.3 Å². The van der Waals surface area contributed by atoms with Crippen molar-refractivity contribution in [2.75, 3.05) is 6.61 Å². The van der Waals surface area contributed by atoms with E-state index in [0.29, 0.717) is 29.6 Å². The first-order valence-electron chi connectivity index (χ1n) is 13.2. The van der Waals surface area contributed by atoms with Gasteiger partial charge in [-0.05, 0) is 117 Å². The standard InChI is InChI=1S/C27H48O4/c1-17(8-13-23(29)26(3,31)16-28)20-11-12-21-19-10-9-18-6-5-7-24(30)27(18,4)22(19)14-15-25(20,21)2/h17-24,28-31H,5-16H2,1-4H3/t17-,18?,19+,20-,21+,22+,23?,24+,25-,26?,27+/m1/s1. The minimum absolute atomic E-state index is 0.111. The molecule has 0 amide bonds. The van der Waals surface area contributed by atoms with Gasteiger partial charge in [-0.2, -0.15) is 0 Å². The Labute approximate surface area is 189 Å². The fraction of sp³-hybridized carbons (Fsp3) is 1.00. The molecule has 31 heavy (non-hydrogen) atoms. The van der Waals surface area contributed by atoms with Crippen LogP contribution >= 0.6 is 0 Å². The predicted molar refractivity (Wildman–Crippen MR) is 123 cm³/mol. The molecule has 0 aromatic rings. The van der Waals surface area contributed by atoms with E-state index in [0.717, 1.165) is 30.6 Å². The number of hydrogen-bond donors (Lipinski definition) is 4. The van der Waals surface area contributed by atoms with Gasteiger partial charge in [0.25, 0.3) is 0 Å². The molecule has 4 aliphatic rings. The maximum atomic E-state index is 11.1. The Morgan fingerprint density at radius 2 is 1.71 bits per heavy atom. The number of rotatable bonds is 6. The van der Waals surface area contributed by atoms with Crippen LogP contribution in [-0.4, -0.2) is 44.8 Å². The SMILES string of the molecule is C[C@H](CCC(O)C(C)(O)CO)[C@H]1CC[C@H]2[C@@H]3CCC4CCC[C@H](O)[C@]4(C)[C@H]3CC[C@]12C. The average Bonchev–Trinajstić information content (AvgIpc) is 3.10. The summed E-state index contributed by atoms with van der Waals surface area (Å²) < 4.78 is 0. The van der Waals surface area contributed by atoms with Crippen LogP contribution in [0.2, 0.25) is 0 Å². The molecule has 0 radical (unpaired) electrons. The van der Waals surface area contributed by atoms with Crippen molar-refractivity contribution in [3.8, 4) is 0 Å². The van der Waals surface area contributed by atoms with E-state index >= 15 is 0 Å². The van der Waals surface area contributed by atoms with Crippen LogP contribution in [0.3, 0.4) is 0 Å². The van der Waals surface area contributed by atoms with E-state index in [4.69, 9.17) is 0 Å². The molecule has 0 spiro atoms. The summed E-state index contributed by atoms with van der Waals surface area (Å²) in [6.07, 6.45) is 11.8. The fourth-order valence-corrected chi connectivity index (χ4v) is 9.33. The van der Waals surface area contributed by atoms with Gasteiger partial charge in [-0.25, -0.2) is 0 Å². The second-order valence-electron chi connectivity index (χ2n) is 12.8. The van der Waals surface area contributed by atoms with Crippen molar-refractivity contribution in [3.05, 3.63) is 0 Å². The first-order chi connectivity index (χ1) is 14.6. The van der Waals surface area contributed by atoms with Crippen molar-refractivity contribution in [1.29, 1.82) is 0 Å². The normalized spacial score (nSPS) is 48.8. The second kappa shape index (κ2) is 8.56. The van der Waals surface area contributed by atoms with Crippen LogP contribution in [0.25, 0.3) is 0 Å². The molecule has 0 aromatic carbocycles. The highest BCUT2D eigenvalue weighted by atomic mass is 16.4. The van der Waals surface area contributed by atoms with Crippen LogP contribution < -0.4 is 0 Å². The highest BCUT2D eigenvalue weighted by Gasteiger charge is 2.61. The highest BCUT2D eigenvalue weighted by molar-refractivity contribution is 5.11. The summed E-state index contributed by atoms with van der Waals surface area (Å²) in [4.78, 5) is 0. The molecular weight excluding hydrogens is 388 g/mol. The molecule has 0 bridgehead atoms. The van der Waals surface area contributed by atoms with Gasteiger partial charge in [0, 0.05) is 0 Å². The molecule has 4 N–H and O–H groups in total. The van der Waals surface area contributed by atoms with Crippen LogP contribution in [0, 0.1) is 46.3 Å². The lowest BCUT2D eigenvalue weighted by Crippen LogP contribution is -2.57. The molecule has 0 aromatic heterocycles.